The third-order valence-corrected chi connectivity index (χ3v) is 2.81. The average molecular weight is 310 g/mol. The summed E-state index contributed by atoms with van der Waals surface area (Å²) in [5.74, 6) is -0.539. The van der Waals surface area contributed by atoms with E-state index < -0.39 is 11.7 Å². The second-order valence-corrected chi connectivity index (χ2v) is 5.96. The van der Waals surface area contributed by atoms with Crippen LogP contribution in [0.4, 0.5) is 9.18 Å². The number of hydrogen-bond donors (Lipinski definition) is 1. The third kappa shape index (κ3) is 6.56. The number of ether oxygens (including phenoxy) is 1. The van der Waals surface area contributed by atoms with Gasteiger partial charge in [-0.15, -0.1) is 0 Å². The fourth-order valence-corrected chi connectivity index (χ4v) is 1.79. The highest BCUT2D eigenvalue weighted by molar-refractivity contribution is 5.73. The molecule has 0 aliphatic carbocycles. The van der Waals surface area contributed by atoms with E-state index >= 15 is 0 Å². The number of nitrogens with zero attached hydrogens (tertiary/aromatic N) is 1. The van der Waals surface area contributed by atoms with Gasteiger partial charge in [0.1, 0.15) is 11.4 Å². The Hall–Kier alpha value is -2.11. The van der Waals surface area contributed by atoms with Gasteiger partial charge in [-0.1, -0.05) is 18.2 Å². The third-order valence-electron chi connectivity index (χ3n) is 2.81. The van der Waals surface area contributed by atoms with E-state index in [1.54, 1.807) is 39.0 Å². The van der Waals surface area contributed by atoms with Crippen molar-refractivity contribution in [2.45, 2.75) is 39.8 Å². The van der Waals surface area contributed by atoms with Crippen LogP contribution in [0.15, 0.2) is 24.3 Å². The number of hydrogen-bond acceptors (Lipinski definition) is 3. The highest BCUT2D eigenvalue weighted by atomic mass is 19.1. The molecule has 0 radical (unpaired) electrons. The minimum absolute atomic E-state index is 0.165. The molecule has 0 spiro atoms. The smallest absolute Gasteiger partial charge is 0.407 e. The number of carbonyl (C=O) groups is 2. The second kappa shape index (κ2) is 7.77. The summed E-state index contributed by atoms with van der Waals surface area (Å²) in [5.41, 5.74) is -0.132. The summed E-state index contributed by atoms with van der Waals surface area (Å²) in [7, 11) is 0. The molecule has 1 rings (SSSR count). The van der Waals surface area contributed by atoms with Gasteiger partial charge >= 0.3 is 6.09 Å². The molecule has 0 aliphatic rings. The molecular weight excluding hydrogens is 287 g/mol. The molecule has 0 fully saturated rings. The van der Waals surface area contributed by atoms with E-state index in [2.05, 4.69) is 5.32 Å². The molecule has 0 aliphatic heterocycles. The van der Waals surface area contributed by atoms with E-state index in [-0.39, 0.29) is 31.4 Å². The Kier molecular flexibility index (Phi) is 6.34. The largest absolute Gasteiger partial charge is 0.444 e. The molecule has 1 aromatic carbocycles. The first-order valence-electron chi connectivity index (χ1n) is 7.15. The molecule has 0 unspecified atom stereocenters. The van der Waals surface area contributed by atoms with E-state index in [0.29, 0.717) is 5.56 Å². The van der Waals surface area contributed by atoms with Crippen molar-refractivity contribution in [3.8, 4) is 0 Å². The first kappa shape index (κ1) is 17.9. The van der Waals surface area contributed by atoms with E-state index in [9.17, 15) is 14.0 Å². The SMILES string of the molecule is CC(=O)N(CCNC(=O)OC(C)(C)C)Cc1ccccc1F. The van der Waals surface area contributed by atoms with Crippen LogP contribution >= 0.6 is 0 Å². The molecule has 5 nitrogen and oxygen atoms in total. The molecule has 0 atom stereocenters. The first-order valence-corrected chi connectivity index (χ1v) is 7.15. The minimum Gasteiger partial charge on any atom is -0.444 e. The number of amides is 2. The van der Waals surface area contributed by atoms with E-state index in [1.165, 1.54) is 17.9 Å². The highest BCUT2D eigenvalue weighted by Crippen LogP contribution is 2.10. The van der Waals surface area contributed by atoms with Gasteiger partial charge in [0.25, 0.3) is 0 Å². The Morgan fingerprint density at radius 2 is 1.91 bits per heavy atom. The fourth-order valence-electron chi connectivity index (χ4n) is 1.79. The van der Waals surface area contributed by atoms with Gasteiger partial charge in [0.15, 0.2) is 0 Å². The minimum atomic E-state index is -0.572. The quantitative estimate of drug-likeness (QED) is 0.909. The lowest BCUT2D eigenvalue weighted by Gasteiger charge is -2.23. The van der Waals surface area contributed by atoms with Gasteiger partial charge in [0.05, 0.1) is 0 Å². The molecule has 2 amide bonds. The molecule has 0 saturated carbocycles. The lowest BCUT2D eigenvalue weighted by Crippen LogP contribution is -2.39. The highest BCUT2D eigenvalue weighted by Gasteiger charge is 2.17. The molecule has 1 aromatic rings. The topological polar surface area (TPSA) is 58.6 Å². The van der Waals surface area contributed by atoms with Crippen LogP contribution in [0.3, 0.4) is 0 Å². The summed E-state index contributed by atoms with van der Waals surface area (Å²) in [5, 5.41) is 2.58. The number of benzene rings is 1. The van der Waals surface area contributed by atoms with Crippen LogP contribution in [0.2, 0.25) is 0 Å². The number of carbonyl (C=O) groups excluding carboxylic acids is 2. The number of rotatable bonds is 5. The first-order chi connectivity index (χ1) is 10.2. The zero-order chi connectivity index (χ0) is 16.8. The van der Waals surface area contributed by atoms with Crippen molar-refractivity contribution >= 4 is 12.0 Å². The molecule has 6 heteroatoms. The second-order valence-electron chi connectivity index (χ2n) is 5.96. The number of nitrogens with one attached hydrogen (secondary N) is 1. The van der Waals surface area contributed by atoms with Gasteiger partial charge in [0, 0.05) is 32.1 Å². The Morgan fingerprint density at radius 1 is 1.27 bits per heavy atom. The van der Waals surface area contributed by atoms with E-state index in [0.717, 1.165) is 0 Å². The molecule has 0 bridgehead atoms. The summed E-state index contributed by atoms with van der Waals surface area (Å²) in [4.78, 5) is 24.6. The maximum atomic E-state index is 13.6. The fraction of sp³-hybridized carbons (Fsp3) is 0.500. The maximum Gasteiger partial charge on any atom is 0.407 e. The summed E-state index contributed by atoms with van der Waals surface area (Å²) in [6.45, 7) is 7.41. The van der Waals surface area contributed by atoms with Gasteiger partial charge in [-0.2, -0.15) is 0 Å². The lowest BCUT2D eigenvalue weighted by molar-refractivity contribution is -0.129. The van der Waals surface area contributed by atoms with Gasteiger partial charge in [0.2, 0.25) is 5.91 Å². The van der Waals surface area contributed by atoms with E-state index in [1.807, 2.05) is 0 Å². The monoisotopic (exact) mass is 310 g/mol. The molecule has 1 N–H and O–H groups in total. The van der Waals surface area contributed by atoms with Crippen molar-refractivity contribution in [3.05, 3.63) is 35.6 Å². The van der Waals surface area contributed by atoms with Crippen LogP contribution in [0.1, 0.15) is 33.3 Å². The zero-order valence-corrected chi connectivity index (χ0v) is 13.5. The Balaban J connectivity index is 2.51. The average Bonchev–Trinajstić information content (AvgIpc) is 2.37. The van der Waals surface area contributed by atoms with Crippen LogP contribution in [0.5, 0.6) is 0 Å². The Morgan fingerprint density at radius 3 is 2.45 bits per heavy atom. The van der Waals surface area contributed by atoms with Crippen molar-refractivity contribution in [3.63, 3.8) is 0 Å². The molecule has 22 heavy (non-hydrogen) atoms. The van der Waals surface area contributed by atoms with Gasteiger partial charge in [-0.3, -0.25) is 4.79 Å². The maximum absolute atomic E-state index is 13.6. The summed E-state index contributed by atoms with van der Waals surface area (Å²) in [6.07, 6.45) is -0.540. The number of alkyl carbamates (subject to hydrolysis) is 1. The molecule has 0 aromatic heterocycles. The summed E-state index contributed by atoms with van der Waals surface area (Å²) in [6, 6.07) is 6.30. The Labute approximate surface area is 130 Å². The van der Waals surface area contributed by atoms with Crippen molar-refractivity contribution in [1.29, 1.82) is 0 Å². The predicted octanol–water partition coefficient (Wildman–Crippen LogP) is 2.70. The van der Waals surface area contributed by atoms with Crippen molar-refractivity contribution in [1.82, 2.24) is 10.2 Å². The van der Waals surface area contributed by atoms with Crippen LogP contribution in [0.25, 0.3) is 0 Å². The van der Waals surface area contributed by atoms with Crippen LogP contribution in [-0.2, 0) is 16.1 Å². The summed E-state index contributed by atoms with van der Waals surface area (Å²) >= 11 is 0. The van der Waals surface area contributed by atoms with Crippen LogP contribution < -0.4 is 5.32 Å². The Bertz CT molecular complexity index is 526. The van der Waals surface area contributed by atoms with Crippen LogP contribution in [-0.4, -0.2) is 35.6 Å². The lowest BCUT2D eigenvalue weighted by atomic mass is 10.2. The predicted molar refractivity (Wildman–Crippen MR) is 81.7 cm³/mol. The summed E-state index contributed by atoms with van der Waals surface area (Å²) < 4.78 is 18.7. The molecular formula is C16H23FN2O3. The van der Waals surface area contributed by atoms with Crippen molar-refractivity contribution in [2.24, 2.45) is 0 Å². The van der Waals surface area contributed by atoms with Crippen LogP contribution in [0, 0.1) is 5.82 Å². The standard InChI is InChI=1S/C16H23FN2O3/c1-12(20)19(11-13-7-5-6-8-14(13)17)10-9-18-15(21)22-16(2,3)4/h5-8H,9-11H2,1-4H3,(H,18,21). The van der Waals surface area contributed by atoms with Crippen molar-refractivity contribution in [2.75, 3.05) is 13.1 Å². The molecule has 0 heterocycles. The van der Waals surface area contributed by atoms with E-state index in [4.69, 9.17) is 4.74 Å². The van der Waals surface area contributed by atoms with Gasteiger partial charge < -0.3 is 15.0 Å². The van der Waals surface area contributed by atoms with Gasteiger partial charge in [-0.25, -0.2) is 9.18 Å². The molecule has 0 saturated heterocycles. The molecule has 122 valence electrons. The van der Waals surface area contributed by atoms with Gasteiger partial charge in [-0.05, 0) is 26.8 Å². The normalized spacial score (nSPS) is 11.0. The zero-order valence-electron chi connectivity index (χ0n) is 13.5. The van der Waals surface area contributed by atoms with Crippen molar-refractivity contribution < 1.29 is 18.7 Å². The number of halogens is 1.